The lowest BCUT2D eigenvalue weighted by molar-refractivity contribution is -0.143. The van der Waals surface area contributed by atoms with E-state index in [2.05, 4.69) is 16.8 Å². The Labute approximate surface area is 224 Å². The minimum Gasteiger partial charge on any atom is -0.497 e. The number of hydrogen-bond acceptors (Lipinski definition) is 6. The van der Waals surface area contributed by atoms with Gasteiger partial charge in [-0.05, 0) is 62.1 Å². The third kappa shape index (κ3) is 6.05. The molecule has 1 aliphatic heterocycles. The Bertz CT molecular complexity index is 1380. The number of likely N-dealkylation sites (tertiary alicyclic amines) is 1. The highest BCUT2D eigenvalue weighted by molar-refractivity contribution is 6.32. The number of nitrogens with zero attached hydrogens (tertiary/aromatic N) is 2. The number of hydroxylamine groups is 1. The summed E-state index contributed by atoms with van der Waals surface area (Å²) in [6.45, 7) is 1.46. The highest BCUT2D eigenvalue weighted by atomic mass is 35.5. The lowest BCUT2D eigenvalue weighted by Crippen LogP contribution is -2.48. The number of nitrogens with one attached hydrogen (secondary N) is 1. The summed E-state index contributed by atoms with van der Waals surface area (Å²) in [7, 11) is 1.55. The van der Waals surface area contributed by atoms with Crippen molar-refractivity contribution in [2.75, 3.05) is 26.7 Å². The van der Waals surface area contributed by atoms with Crippen LogP contribution < -0.4 is 10.2 Å². The fourth-order valence-electron chi connectivity index (χ4n) is 4.87. The number of benzene rings is 2. The number of halogens is 3. The number of methoxy groups -OCH3 is 1. The summed E-state index contributed by atoms with van der Waals surface area (Å²) in [5.41, 5.74) is 2.47. The second-order valence-corrected chi connectivity index (χ2v) is 9.79. The van der Waals surface area contributed by atoms with Crippen molar-refractivity contribution in [3.05, 3.63) is 70.4 Å². The van der Waals surface area contributed by atoms with Gasteiger partial charge in [0.15, 0.2) is 11.6 Å². The Morgan fingerprint density at radius 2 is 2.00 bits per heavy atom. The Hall–Kier alpha value is -3.29. The zero-order valence-electron chi connectivity index (χ0n) is 20.8. The maximum atomic E-state index is 13.4. The van der Waals surface area contributed by atoms with Gasteiger partial charge in [-0.2, -0.15) is 0 Å². The Balaban J connectivity index is 1.43. The molecule has 0 spiro atoms. The third-order valence-electron chi connectivity index (χ3n) is 7.15. The molecule has 0 bridgehead atoms. The first-order valence-corrected chi connectivity index (χ1v) is 12.5. The summed E-state index contributed by atoms with van der Waals surface area (Å²) in [5.74, 6) is 4.02. The number of aromatic nitrogens is 1. The van der Waals surface area contributed by atoms with E-state index in [1.54, 1.807) is 30.8 Å². The number of carbonyl (C=O) groups excluding carboxylic acids is 1. The largest absolute Gasteiger partial charge is 0.497 e. The van der Waals surface area contributed by atoms with Crippen LogP contribution in [0.4, 0.5) is 8.78 Å². The van der Waals surface area contributed by atoms with Gasteiger partial charge in [-0.3, -0.25) is 19.9 Å². The molecule has 0 saturated carbocycles. The molecule has 0 aliphatic carbocycles. The number of carbonyl (C=O) groups is 1. The zero-order valence-corrected chi connectivity index (χ0v) is 21.6. The lowest BCUT2D eigenvalue weighted by Gasteiger charge is -2.40. The summed E-state index contributed by atoms with van der Waals surface area (Å²) < 4.78 is 31.8. The molecule has 4 rings (SSSR count). The summed E-state index contributed by atoms with van der Waals surface area (Å²) in [6.07, 6.45) is 1.96. The van der Waals surface area contributed by atoms with E-state index in [-0.39, 0.29) is 6.42 Å². The minimum absolute atomic E-state index is 0.236. The van der Waals surface area contributed by atoms with E-state index in [0.29, 0.717) is 71.7 Å². The molecular formula is C28H28ClF2N3O4. The summed E-state index contributed by atoms with van der Waals surface area (Å²) in [4.78, 5) is 19.1. The number of rotatable bonds is 7. The fourth-order valence-corrected chi connectivity index (χ4v) is 5.14. The molecule has 1 saturated heterocycles. The van der Waals surface area contributed by atoms with Crippen LogP contribution >= 0.6 is 11.6 Å². The van der Waals surface area contributed by atoms with Gasteiger partial charge in [0.2, 0.25) is 5.91 Å². The van der Waals surface area contributed by atoms with Crippen LogP contribution in [0.3, 0.4) is 0 Å². The highest BCUT2D eigenvalue weighted by Crippen LogP contribution is 2.41. The van der Waals surface area contributed by atoms with Crippen molar-refractivity contribution in [3.63, 3.8) is 0 Å². The average molecular weight is 544 g/mol. The van der Waals surface area contributed by atoms with E-state index in [1.807, 2.05) is 4.90 Å². The van der Waals surface area contributed by atoms with Gasteiger partial charge in [-0.1, -0.05) is 23.4 Å². The lowest BCUT2D eigenvalue weighted by atomic mass is 9.73. The van der Waals surface area contributed by atoms with E-state index >= 15 is 0 Å². The van der Waals surface area contributed by atoms with Crippen LogP contribution in [0.2, 0.25) is 5.02 Å². The van der Waals surface area contributed by atoms with E-state index in [9.17, 15) is 23.9 Å². The van der Waals surface area contributed by atoms with Crippen LogP contribution in [-0.4, -0.2) is 52.8 Å². The topological polar surface area (TPSA) is 94.9 Å². The number of hydrogen-bond donors (Lipinski definition) is 3. The monoisotopic (exact) mass is 543 g/mol. The molecule has 1 unspecified atom stereocenters. The number of aliphatic hydroxyl groups excluding tert-OH is 1. The van der Waals surface area contributed by atoms with Gasteiger partial charge in [0.05, 0.1) is 35.7 Å². The van der Waals surface area contributed by atoms with Gasteiger partial charge in [-0.25, -0.2) is 14.3 Å². The molecule has 3 aromatic rings. The number of ether oxygens (including phenoxy) is 1. The first-order valence-electron chi connectivity index (χ1n) is 12.2. The molecule has 1 fully saturated rings. The fraction of sp³-hybridized carbons (Fsp3) is 0.357. The van der Waals surface area contributed by atoms with Crippen molar-refractivity contribution >= 4 is 28.4 Å². The van der Waals surface area contributed by atoms with Gasteiger partial charge >= 0.3 is 0 Å². The average Bonchev–Trinajstić information content (AvgIpc) is 2.93. The van der Waals surface area contributed by atoms with Crippen LogP contribution in [0.15, 0.2) is 42.6 Å². The first kappa shape index (κ1) is 27.7. The van der Waals surface area contributed by atoms with Crippen molar-refractivity contribution in [1.29, 1.82) is 0 Å². The maximum absolute atomic E-state index is 13.4. The quantitative estimate of drug-likeness (QED) is 0.228. The number of aliphatic hydroxyl groups is 1. The molecule has 2 heterocycles. The summed E-state index contributed by atoms with van der Waals surface area (Å²) in [5, 5.41) is 21.6. The van der Waals surface area contributed by atoms with Crippen molar-refractivity contribution < 1.29 is 28.6 Å². The molecule has 1 aliphatic rings. The Morgan fingerprint density at radius 3 is 2.68 bits per heavy atom. The predicted octanol–water partition coefficient (Wildman–Crippen LogP) is 4.63. The molecule has 1 atom stereocenters. The molecular weight excluding hydrogens is 516 g/mol. The number of pyridine rings is 1. The van der Waals surface area contributed by atoms with Crippen LogP contribution in [-0.2, 0) is 4.79 Å². The Morgan fingerprint density at radius 1 is 1.24 bits per heavy atom. The smallest absolute Gasteiger partial charge is 0.249 e. The van der Waals surface area contributed by atoms with Gasteiger partial charge < -0.3 is 9.84 Å². The molecule has 0 radical (unpaired) electrons. The van der Waals surface area contributed by atoms with Crippen molar-refractivity contribution in [1.82, 2.24) is 15.4 Å². The summed E-state index contributed by atoms with van der Waals surface area (Å²) >= 11 is 6.43. The standard InChI is InChI=1S/C28H28ClF2N3O4/c1-38-19-5-7-24-20(16-19)26(21(29)17-32-24)25(35)8-9-28(27(36)33-37)10-13-34(14-11-28)12-2-3-18-4-6-22(30)23(31)15-18/h4-7,15-17,25,35,37H,8-14H2,1H3,(H,33,36). The zero-order chi connectivity index (χ0) is 27.3. The van der Waals surface area contributed by atoms with Crippen LogP contribution in [0.25, 0.3) is 10.9 Å². The van der Waals surface area contributed by atoms with Crippen LogP contribution in [0.5, 0.6) is 5.75 Å². The molecule has 3 N–H and O–H groups in total. The Kier molecular flexibility index (Phi) is 8.80. The molecule has 2 aromatic carbocycles. The van der Waals surface area contributed by atoms with Crippen LogP contribution in [0.1, 0.15) is 42.9 Å². The van der Waals surface area contributed by atoms with E-state index < -0.39 is 29.1 Å². The predicted molar refractivity (Wildman–Crippen MR) is 139 cm³/mol. The summed E-state index contributed by atoms with van der Waals surface area (Å²) in [6, 6.07) is 8.83. The van der Waals surface area contributed by atoms with Gasteiger partial charge in [-0.15, -0.1) is 0 Å². The number of piperidine rings is 1. The minimum atomic E-state index is -0.969. The third-order valence-corrected chi connectivity index (χ3v) is 7.45. The molecule has 7 nitrogen and oxygen atoms in total. The first-order chi connectivity index (χ1) is 18.3. The maximum Gasteiger partial charge on any atom is 0.249 e. The van der Waals surface area contributed by atoms with Crippen molar-refractivity contribution in [2.24, 2.45) is 5.41 Å². The van der Waals surface area contributed by atoms with Gasteiger partial charge in [0, 0.05) is 35.8 Å². The second kappa shape index (κ2) is 12.0. The highest BCUT2D eigenvalue weighted by Gasteiger charge is 2.41. The number of amides is 1. The molecule has 38 heavy (non-hydrogen) atoms. The molecule has 1 aromatic heterocycles. The van der Waals surface area contributed by atoms with Crippen LogP contribution in [0, 0.1) is 28.9 Å². The number of fused-ring (bicyclic) bond motifs is 1. The van der Waals surface area contributed by atoms with Gasteiger partial charge in [0.1, 0.15) is 5.75 Å². The second-order valence-electron chi connectivity index (χ2n) is 9.39. The van der Waals surface area contributed by atoms with Gasteiger partial charge in [0.25, 0.3) is 0 Å². The van der Waals surface area contributed by atoms with Crippen molar-refractivity contribution in [3.8, 4) is 17.6 Å². The SMILES string of the molecule is COc1ccc2ncc(Cl)c(C(O)CCC3(C(=O)NO)CCN(CC#Cc4ccc(F)c(F)c4)CC3)c2c1. The molecule has 10 heteroatoms. The van der Waals surface area contributed by atoms with E-state index in [0.717, 1.165) is 12.1 Å². The van der Waals surface area contributed by atoms with Crippen molar-refractivity contribution in [2.45, 2.75) is 31.8 Å². The molecule has 1 amide bonds. The molecule has 200 valence electrons. The normalized spacial score (nSPS) is 15.9. The van der Waals surface area contributed by atoms with E-state index in [4.69, 9.17) is 16.3 Å². The van der Waals surface area contributed by atoms with E-state index in [1.165, 1.54) is 12.3 Å².